The third-order valence-corrected chi connectivity index (χ3v) is 7.26. The van der Waals surface area contributed by atoms with E-state index >= 15 is 8.78 Å². The molecule has 4 rings (SSSR count). The SMILES string of the molecule is C/C=C/N=C(/C(F)=C/n1c(C)cc(C2CC2c2cnn(C(F)F)c2)c(Cl)c1=O)c1ccnc(S(C)=O)c1F. The maximum atomic E-state index is 15.5. The Bertz CT molecular complexity index is 1560. The molecule has 0 radical (unpaired) electrons. The standard InChI is InChI=1S/C25H22ClF4N5O2S/c1-4-6-31-22(15-5-7-32-23(21(15)28)38(3)37)19(27)12-34-13(2)8-18(20(26)24(34)36)17-9-16(17)14-10-33-35(11-14)25(29)30/h4-8,10-12,16-17,25H,9H2,1-3H3/b6-4+,19-12-,31-22+. The summed E-state index contributed by atoms with van der Waals surface area (Å²) in [5, 5.41) is 3.15. The molecule has 0 saturated heterocycles. The molecule has 1 fully saturated rings. The Kier molecular flexibility index (Phi) is 8.12. The van der Waals surface area contributed by atoms with Crippen molar-refractivity contribution in [2.24, 2.45) is 4.99 Å². The summed E-state index contributed by atoms with van der Waals surface area (Å²) >= 11 is 6.39. The molecule has 200 valence electrons. The molecule has 38 heavy (non-hydrogen) atoms. The van der Waals surface area contributed by atoms with Crippen LogP contribution in [0.1, 0.15) is 54.1 Å². The van der Waals surface area contributed by atoms with E-state index in [0.717, 1.165) is 10.8 Å². The molecule has 3 unspecified atom stereocenters. The number of allylic oxidation sites excluding steroid dienone is 2. The third-order valence-electron chi connectivity index (χ3n) is 6.05. The first-order chi connectivity index (χ1) is 18.0. The maximum absolute atomic E-state index is 15.5. The molecule has 7 nitrogen and oxygen atoms in total. The highest BCUT2D eigenvalue weighted by molar-refractivity contribution is 7.84. The first-order valence-corrected chi connectivity index (χ1v) is 13.3. The van der Waals surface area contributed by atoms with Crippen molar-refractivity contribution in [1.29, 1.82) is 0 Å². The van der Waals surface area contributed by atoms with Crippen molar-refractivity contribution >= 4 is 34.3 Å². The summed E-state index contributed by atoms with van der Waals surface area (Å²) < 4.78 is 69.6. The molecule has 3 atom stereocenters. The topological polar surface area (TPSA) is 82.1 Å². The number of aromatic nitrogens is 4. The van der Waals surface area contributed by atoms with Gasteiger partial charge in [-0.1, -0.05) is 17.7 Å². The number of halogens is 5. The van der Waals surface area contributed by atoms with Crippen LogP contribution in [0.15, 0.2) is 63.6 Å². The summed E-state index contributed by atoms with van der Waals surface area (Å²) in [6.45, 7) is 0.454. The van der Waals surface area contributed by atoms with E-state index < -0.39 is 40.3 Å². The minimum atomic E-state index is -2.75. The average molecular weight is 568 g/mol. The molecule has 0 spiro atoms. The fraction of sp³-hybridized carbons (Fsp3) is 0.280. The molecule has 0 aromatic carbocycles. The molecular weight excluding hydrogens is 546 g/mol. The van der Waals surface area contributed by atoms with Crippen molar-refractivity contribution in [3.05, 3.63) is 92.4 Å². The van der Waals surface area contributed by atoms with Crippen LogP contribution in [-0.4, -0.2) is 35.5 Å². The summed E-state index contributed by atoms with van der Waals surface area (Å²) in [5.74, 6) is -2.35. The summed E-state index contributed by atoms with van der Waals surface area (Å²) in [4.78, 5) is 20.9. The summed E-state index contributed by atoms with van der Waals surface area (Å²) in [5.41, 5.74) is 0.0500. The van der Waals surface area contributed by atoms with Gasteiger partial charge in [0.1, 0.15) is 10.7 Å². The zero-order valence-electron chi connectivity index (χ0n) is 20.4. The predicted molar refractivity (Wildman–Crippen MR) is 137 cm³/mol. The second kappa shape index (κ2) is 11.2. The van der Waals surface area contributed by atoms with Crippen molar-refractivity contribution in [3.8, 4) is 0 Å². The molecule has 0 N–H and O–H groups in total. The first-order valence-electron chi connectivity index (χ1n) is 11.3. The van der Waals surface area contributed by atoms with Crippen molar-refractivity contribution in [2.45, 2.75) is 43.7 Å². The maximum Gasteiger partial charge on any atom is 0.333 e. The van der Waals surface area contributed by atoms with Gasteiger partial charge in [0.05, 0.1) is 23.2 Å². The molecule has 3 aromatic heterocycles. The lowest BCUT2D eigenvalue weighted by atomic mass is 10.1. The van der Waals surface area contributed by atoms with Gasteiger partial charge >= 0.3 is 6.55 Å². The number of alkyl halides is 2. The highest BCUT2D eigenvalue weighted by Crippen LogP contribution is 2.55. The van der Waals surface area contributed by atoms with Crippen LogP contribution in [0.2, 0.25) is 5.02 Å². The number of hydrogen-bond acceptors (Lipinski definition) is 5. The molecule has 1 saturated carbocycles. The van der Waals surface area contributed by atoms with Gasteiger partial charge < -0.3 is 0 Å². The van der Waals surface area contributed by atoms with Crippen LogP contribution in [0.25, 0.3) is 6.20 Å². The minimum absolute atomic E-state index is 0.130. The number of pyridine rings is 2. The van der Waals surface area contributed by atoms with Gasteiger partial charge in [-0.25, -0.2) is 18.4 Å². The number of aryl methyl sites for hydroxylation is 1. The average Bonchev–Trinajstić information content (AvgIpc) is 3.50. The molecule has 13 heteroatoms. The molecular formula is C25H22ClF4N5O2S. The van der Waals surface area contributed by atoms with Crippen LogP contribution in [-0.2, 0) is 10.8 Å². The number of hydrogen-bond donors (Lipinski definition) is 0. The Labute approximate surface area is 222 Å². The molecule has 0 aliphatic heterocycles. The summed E-state index contributed by atoms with van der Waals surface area (Å²) in [6.07, 6.45) is 9.25. The highest BCUT2D eigenvalue weighted by atomic mass is 35.5. The molecule has 3 heterocycles. The predicted octanol–water partition coefficient (Wildman–Crippen LogP) is 5.74. The van der Waals surface area contributed by atoms with Crippen molar-refractivity contribution in [3.63, 3.8) is 0 Å². The zero-order valence-corrected chi connectivity index (χ0v) is 22.0. The van der Waals surface area contributed by atoms with Gasteiger partial charge in [0.15, 0.2) is 16.7 Å². The fourth-order valence-corrected chi connectivity index (χ4v) is 4.98. The van der Waals surface area contributed by atoms with Gasteiger partial charge in [-0.15, -0.1) is 0 Å². The zero-order chi connectivity index (χ0) is 27.7. The van der Waals surface area contributed by atoms with Crippen LogP contribution in [0.4, 0.5) is 17.6 Å². The van der Waals surface area contributed by atoms with Crippen molar-refractivity contribution < 1.29 is 21.8 Å². The Hall–Kier alpha value is -3.38. The quantitative estimate of drug-likeness (QED) is 0.257. The van der Waals surface area contributed by atoms with E-state index in [-0.39, 0.29) is 27.4 Å². The van der Waals surface area contributed by atoms with Crippen LogP contribution in [0, 0.1) is 12.7 Å². The summed E-state index contributed by atoms with van der Waals surface area (Å²) in [6, 6.07) is 2.82. The van der Waals surface area contributed by atoms with E-state index in [9.17, 15) is 17.8 Å². The molecule has 0 amide bonds. The van der Waals surface area contributed by atoms with Gasteiger partial charge in [-0.3, -0.25) is 18.6 Å². The monoisotopic (exact) mass is 567 g/mol. The van der Waals surface area contributed by atoms with E-state index in [4.69, 9.17) is 11.6 Å². The van der Waals surface area contributed by atoms with Crippen molar-refractivity contribution in [2.75, 3.05) is 6.26 Å². The van der Waals surface area contributed by atoms with Crippen molar-refractivity contribution in [1.82, 2.24) is 19.3 Å². The molecule has 0 bridgehead atoms. The van der Waals surface area contributed by atoms with Gasteiger partial charge in [0, 0.05) is 36.1 Å². The Morgan fingerprint density at radius 1 is 1.34 bits per heavy atom. The second-order valence-electron chi connectivity index (χ2n) is 8.58. The van der Waals surface area contributed by atoms with E-state index in [0.29, 0.717) is 27.9 Å². The fourth-order valence-electron chi connectivity index (χ4n) is 4.13. The minimum Gasteiger partial charge on any atom is -0.284 e. The van der Waals surface area contributed by atoms with Gasteiger partial charge in [0.2, 0.25) is 0 Å². The number of rotatable bonds is 8. The lowest BCUT2D eigenvalue weighted by Crippen LogP contribution is -2.21. The normalized spacial score (nSPS) is 19.0. The first kappa shape index (κ1) is 27.6. The summed E-state index contributed by atoms with van der Waals surface area (Å²) in [7, 11) is -1.77. The Morgan fingerprint density at radius 3 is 2.71 bits per heavy atom. The lowest BCUT2D eigenvalue weighted by molar-refractivity contribution is 0.0565. The van der Waals surface area contributed by atoms with E-state index in [1.54, 1.807) is 19.9 Å². The van der Waals surface area contributed by atoms with Gasteiger partial charge in [0.25, 0.3) is 5.56 Å². The molecule has 1 aliphatic rings. The Morgan fingerprint density at radius 2 is 2.08 bits per heavy atom. The molecule has 1 aliphatic carbocycles. The van der Waals surface area contributed by atoms with Crippen LogP contribution >= 0.6 is 11.6 Å². The van der Waals surface area contributed by atoms with Crippen LogP contribution in [0.5, 0.6) is 0 Å². The third kappa shape index (κ3) is 5.41. The number of nitrogens with zero attached hydrogens (tertiary/aromatic N) is 5. The highest BCUT2D eigenvalue weighted by Gasteiger charge is 2.42. The smallest absolute Gasteiger partial charge is 0.284 e. The largest absolute Gasteiger partial charge is 0.333 e. The number of aliphatic imine (C=N–C) groups is 1. The van der Waals surface area contributed by atoms with Gasteiger partial charge in [-0.05, 0) is 55.4 Å². The lowest BCUT2D eigenvalue weighted by Gasteiger charge is -2.12. The second-order valence-corrected chi connectivity index (χ2v) is 10.3. The van der Waals surface area contributed by atoms with E-state index in [1.807, 2.05) is 0 Å². The van der Waals surface area contributed by atoms with E-state index in [2.05, 4.69) is 15.1 Å². The Balaban J connectivity index is 1.71. The van der Waals surface area contributed by atoms with Crippen LogP contribution in [0.3, 0.4) is 0 Å². The van der Waals surface area contributed by atoms with Crippen LogP contribution < -0.4 is 5.56 Å². The molecule has 3 aromatic rings. The van der Waals surface area contributed by atoms with E-state index in [1.165, 1.54) is 43.2 Å². The van der Waals surface area contributed by atoms with Gasteiger partial charge in [-0.2, -0.15) is 13.9 Å².